The minimum atomic E-state index is -0.160. The normalized spacial score (nSPS) is 26.5. The summed E-state index contributed by atoms with van der Waals surface area (Å²) < 4.78 is 19.2. The Bertz CT molecular complexity index is 449. The highest BCUT2D eigenvalue weighted by Crippen LogP contribution is 2.42. The van der Waals surface area contributed by atoms with E-state index in [1.54, 1.807) is 12.1 Å². The third-order valence-electron chi connectivity index (χ3n) is 4.99. The molecule has 3 rings (SSSR count). The maximum atomic E-state index is 13.0. The van der Waals surface area contributed by atoms with E-state index >= 15 is 0 Å². The van der Waals surface area contributed by atoms with Crippen LogP contribution < -0.4 is 0 Å². The van der Waals surface area contributed by atoms with E-state index in [2.05, 4.69) is 18.7 Å². The second-order valence-electron chi connectivity index (χ2n) is 6.58. The van der Waals surface area contributed by atoms with Crippen molar-refractivity contribution in [2.45, 2.75) is 50.7 Å². The molecule has 0 radical (unpaired) electrons. The lowest BCUT2D eigenvalue weighted by atomic mass is 9.83. The summed E-state index contributed by atoms with van der Waals surface area (Å²) in [7, 11) is 0. The summed E-state index contributed by atoms with van der Waals surface area (Å²) in [6, 6.07) is 7.56. The summed E-state index contributed by atoms with van der Waals surface area (Å²) in [5, 5.41) is 0. The molecule has 2 heterocycles. The average Bonchev–Trinajstić information content (AvgIpc) is 2.84. The summed E-state index contributed by atoms with van der Waals surface area (Å²) in [4.78, 5) is 2.53. The van der Waals surface area contributed by atoms with Gasteiger partial charge < -0.3 is 9.64 Å². The molecule has 2 nitrogen and oxygen atoms in total. The molecule has 1 unspecified atom stereocenters. The number of halogens is 1. The van der Waals surface area contributed by atoms with Gasteiger partial charge >= 0.3 is 0 Å². The smallest absolute Gasteiger partial charge is 0.123 e. The van der Waals surface area contributed by atoms with Gasteiger partial charge in [0.2, 0.25) is 0 Å². The van der Waals surface area contributed by atoms with Crippen molar-refractivity contribution in [3.05, 3.63) is 35.6 Å². The lowest BCUT2D eigenvalue weighted by Gasteiger charge is -2.40. The van der Waals surface area contributed by atoms with Gasteiger partial charge in [0.25, 0.3) is 0 Å². The average molecular weight is 277 g/mol. The third kappa shape index (κ3) is 2.75. The monoisotopic (exact) mass is 277 g/mol. The first kappa shape index (κ1) is 14.0. The lowest BCUT2D eigenvalue weighted by Crippen LogP contribution is -2.46. The third-order valence-corrected chi connectivity index (χ3v) is 4.99. The van der Waals surface area contributed by atoms with E-state index in [0.29, 0.717) is 12.0 Å². The van der Waals surface area contributed by atoms with Gasteiger partial charge in [0.1, 0.15) is 5.82 Å². The Morgan fingerprint density at radius 2 is 1.85 bits per heavy atom. The first-order valence-electron chi connectivity index (χ1n) is 7.71. The van der Waals surface area contributed by atoms with Gasteiger partial charge in [-0.2, -0.15) is 0 Å². The van der Waals surface area contributed by atoms with Crippen LogP contribution in [0.15, 0.2) is 24.3 Å². The summed E-state index contributed by atoms with van der Waals surface area (Å²) in [6.45, 7) is 7.57. The van der Waals surface area contributed by atoms with E-state index in [-0.39, 0.29) is 11.4 Å². The highest BCUT2D eigenvalue weighted by atomic mass is 19.1. The Kier molecular flexibility index (Phi) is 3.83. The molecule has 3 heteroatoms. The Labute approximate surface area is 120 Å². The molecule has 2 aliphatic heterocycles. The fourth-order valence-electron chi connectivity index (χ4n) is 3.59. The van der Waals surface area contributed by atoms with E-state index in [9.17, 15) is 4.39 Å². The van der Waals surface area contributed by atoms with Crippen molar-refractivity contribution in [1.82, 2.24) is 4.90 Å². The molecule has 0 N–H and O–H groups in total. The molecular formula is C17H24FNO. The standard InChI is InChI=1S/C17H24FNO/c1-13(2)19-9-7-17(8-10-19)11-15(12-20-17)14-3-5-16(18)6-4-14/h3-6,13,15H,7-12H2,1-2H3. The molecule has 0 aromatic heterocycles. The van der Waals surface area contributed by atoms with E-state index in [4.69, 9.17) is 4.74 Å². The molecule has 2 fully saturated rings. The predicted octanol–water partition coefficient (Wildman–Crippen LogP) is 3.57. The SMILES string of the molecule is CC(C)N1CCC2(CC1)CC(c1ccc(F)cc1)CO2. The number of hydrogen-bond donors (Lipinski definition) is 0. The Balaban J connectivity index is 1.64. The van der Waals surface area contributed by atoms with Crippen LogP contribution in [0.3, 0.4) is 0 Å². The Morgan fingerprint density at radius 3 is 2.45 bits per heavy atom. The summed E-state index contributed by atoms with van der Waals surface area (Å²) in [5.41, 5.74) is 1.29. The van der Waals surface area contributed by atoms with E-state index in [0.717, 1.165) is 39.0 Å². The highest BCUT2D eigenvalue weighted by molar-refractivity contribution is 5.22. The largest absolute Gasteiger partial charge is 0.374 e. The number of rotatable bonds is 2. The van der Waals surface area contributed by atoms with Crippen LogP contribution in [0.25, 0.3) is 0 Å². The molecule has 20 heavy (non-hydrogen) atoms. The topological polar surface area (TPSA) is 12.5 Å². The summed E-state index contributed by atoms with van der Waals surface area (Å²) in [5.74, 6) is 0.272. The molecule has 0 saturated carbocycles. The van der Waals surface area contributed by atoms with Gasteiger partial charge in [0, 0.05) is 25.0 Å². The van der Waals surface area contributed by atoms with Crippen molar-refractivity contribution in [3.8, 4) is 0 Å². The van der Waals surface area contributed by atoms with Crippen LogP contribution in [-0.4, -0.2) is 36.2 Å². The number of benzene rings is 1. The van der Waals surface area contributed by atoms with Crippen molar-refractivity contribution < 1.29 is 9.13 Å². The first-order valence-corrected chi connectivity index (χ1v) is 7.71. The molecule has 0 amide bonds. The molecule has 2 saturated heterocycles. The zero-order valence-corrected chi connectivity index (χ0v) is 12.4. The highest BCUT2D eigenvalue weighted by Gasteiger charge is 2.43. The Hall–Kier alpha value is -0.930. The number of hydrogen-bond acceptors (Lipinski definition) is 2. The van der Waals surface area contributed by atoms with Gasteiger partial charge in [-0.25, -0.2) is 4.39 Å². The second-order valence-corrected chi connectivity index (χ2v) is 6.58. The van der Waals surface area contributed by atoms with E-state index in [1.807, 2.05) is 12.1 Å². The predicted molar refractivity (Wildman–Crippen MR) is 78.4 cm³/mol. The van der Waals surface area contributed by atoms with E-state index < -0.39 is 0 Å². The van der Waals surface area contributed by atoms with Crippen LogP contribution in [0.1, 0.15) is 44.6 Å². The minimum absolute atomic E-state index is 0.0739. The second kappa shape index (κ2) is 5.45. The minimum Gasteiger partial charge on any atom is -0.374 e. The van der Waals surface area contributed by atoms with Gasteiger partial charge in [-0.05, 0) is 50.8 Å². The number of likely N-dealkylation sites (tertiary alicyclic amines) is 1. The summed E-state index contributed by atoms with van der Waals surface area (Å²) in [6.07, 6.45) is 3.34. The number of piperidine rings is 1. The van der Waals surface area contributed by atoms with Crippen molar-refractivity contribution in [2.24, 2.45) is 0 Å². The van der Waals surface area contributed by atoms with Gasteiger partial charge in [-0.1, -0.05) is 12.1 Å². The molecule has 0 aliphatic carbocycles. The van der Waals surface area contributed by atoms with Gasteiger partial charge in [0.05, 0.1) is 12.2 Å². The van der Waals surface area contributed by atoms with Crippen molar-refractivity contribution in [1.29, 1.82) is 0 Å². The van der Waals surface area contributed by atoms with Crippen LogP contribution in [0.2, 0.25) is 0 Å². The van der Waals surface area contributed by atoms with Gasteiger partial charge in [0.15, 0.2) is 0 Å². The summed E-state index contributed by atoms with van der Waals surface area (Å²) >= 11 is 0. The van der Waals surface area contributed by atoms with Crippen LogP contribution in [-0.2, 0) is 4.74 Å². The molecule has 1 spiro atoms. The lowest BCUT2D eigenvalue weighted by molar-refractivity contribution is -0.0483. The van der Waals surface area contributed by atoms with E-state index in [1.165, 1.54) is 5.56 Å². The maximum absolute atomic E-state index is 13.0. The molecule has 2 aliphatic rings. The first-order chi connectivity index (χ1) is 9.58. The molecule has 110 valence electrons. The Morgan fingerprint density at radius 1 is 1.20 bits per heavy atom. The molecule has 1 aromatic carbocycles. The fourth-order valence-corrected chi connectivity index (χ4v) is 3.59. The van der Waals surface area contributed by atoms with Crippen molar-refractivity contribution in [2.75, 3.05) is 19.7 Å². The maximum Gasteiger partial charge on any atom is 0.123 e. The number of nitrogens with zero attached hydrogens (tertiary/aromatic N) is 1. The molecule has 1 atom stereocenters. The zero-order valence-electron chi connectivity index (χ0n) is 12.4. The number of ether oxygens (including phenoxy) is 1. The van der Waals surface area contributed by atoms with Crippen molar-refractivity contribution >= 4 is 0 Å². The van der Waals surface area contributed by atoms with Crippen LogP contribution in [0, 0.1) is 5.82 Å². The molecular weight excluding hydrogens is 253 g/mol. The van der Waals surface area contributed by atoms with Gasteiger partial charge in [-0.3, -0.25) is 0 Å². The molecule has 0 bridgehead atoms. The van der Waals surface area contributed by atoms with Crippen molar-refractivity contribution in [3.63, 3.8) is 0 Å². The van der Waals surface area contributed by atoms with Crippen LogP contribution in [0.4, 0.5) is 4.39 Å². The fraction of sp³-hybridized carbons (Fsp3) is 0.647. The quantitative estimate of drug-likeness (QED) is 0.819. The van der Waals surface area contributed by atoms with Crippen LogP contribution >= 0.6 is 0 Å². The molecule has 1 aromatic rings. The zero-order chi connectivity index (χ0) is 14.2. The van der Waals surface area contributed by atoms with Crippen LogP contribution in [0.5, 0.6) is 0 Å². The van der Waals surface area contributed by atoms with Gasteiger partial charge in [-0.15, -0.1) is 0 Å².